The third-order valence-electron chi connectivity index (χ3n) is 3.37. The van der Waals surface area contributed by atoms with E-state index in [1.165, 1.54) is 5.57 Å². The van der Waals surface area contributed by atoms with E-state index in [4.69, 9.17) is 0 Å². The largest absolute Gasteiger partial charge is 0.389 e. The third kappa shape index (κ3) is 2.34. The molecule has 1 aliphatic carbocycles. The Labute approximate surface area is 81.9 Å². The molecule has 0 saturated carbocycles. The predicted molar refractivity (Wildman–Crippen MR) is 56.6 cm³/mol. The van der Waals surface area contributed by atoms with Gasteiger partial charge in [0.2, 0.25) is 0 Å². The predicted octanol–water partition coefficient (Wildman–Crippen LogP) is 3.14. The molecule has 3 unspecified atom stereocenters. The smallest absolute Gasteiger partial charge is 0.0746 e. The molecule has 0 amide bonds. The lowest BCUT2D eigenvalue weighted by atomic mass is 9.82. The molecule has 0 saturated heterocycles. The van der Waals surface area contributed by atoms with Gasteiger partial charge in [-0.05, 0) is 25.7 Å². The zero-order chi connectivity index (χ0) is 10.1. The van der Waals surface area contributed by atoms with Crippen LogP contribution >= 0.6 is 0 Å². The van der Waals surface area contributed by atoms with Gasteiger partial charge in [-0.15, -0.1) is 0 Å². The lowest BCUT2D eigenvalue weighted by molar-refractivity contribution is -0.00534. The minimum Gasteiger partial charge on any atom is -0.389 e. The van der Waals surface area contributed by atoms with Gasteiger partial charge in [-0.25, -0.2) is 0 Å². The molecule has 0 spiro atoms. The van der Waals surface area contributed by atoms with Gasteiger partial charge in [0.25, 0.3) is 0 Å². The Morgan fingerprint density at radius 1 is 1.69 bits per heavy atom. The highest BCUT2D eigenvalue weighted by molar-refractivity contribution is 5.17. The van der Waals surface area contributed by atoms with Crippen molar-refractivity contribution in [2.75, 3.05) is 0 Å². The van der Waals surface area contributed by atoms with Gasteiger partial charge in [0, 0.05) is 5.92 Å². The highest BCUT2D eigenvalue weighted by atomic mass is 16.3. The van der Waals surface area contributed by atoms with Crippen LogP contribution in [-0.4, -0.2) is 10.7 Å². The van der Waals surface area contributed by atoms with Crippen LogP contribution in [0.15, 0.2) is 11.6 Å². The van der Waals surface area contributed by atoms with Crippen LogP contribution in [0.5, 0.6) is 0 Å². The number of rotatable bonds is 3. The highest BCUT2D eigenvalue weighted by Gasteiger charge is 2.37. The molecule has 0 bridgehead atoms. The van der Waals surface area contributed by atoms with Gasteiger partial charge in [-0.2, -0.15) is 0 Å². The summed E-state index contributed by atoms with van der Waals surface area (Å²) in [5, 5.41) is 10.4. The Bertz CT molecular complexity index is 207. The van der Waals surface area contributed by atoms with Crippen LogP contribution in [0.1, 0.15) is 47.0 Å². The molecule has 1 rings (SSSR count). The summed E-state index contributed by atoms with van der Waals surface area (Å²) in [4.78, 5) is 0. The van der Waals surface area contributed by atoms with Gasteiger partial charge in [-0.3, -0.25) is 0 Å². The fraction of sp³-hybridized carbons (Fsp3) is 0.833. The molecule has 13 heavy (non-hydrogen) atoms. The summed E-state index contributed by atoms with van der Waals surface area (Å²) in [6.45, 7) is 8.65. The maximum Gasteiger partial charge on any atom is 0.0746 e. The Balaban J connectivity index is 2.59. The van der Waals surface area contributed by atoms with Crippen molar-refractivity contribution in [1.82, 2.24) is 0 Å². The van der Waals surface area contributed by atoms with E-state index in [0.717, 1.165) is 19.3 Å². The molecule has 1 aliphatic rings. The molecule has 0 fully saturated rings. The maximum atomic E-state index is 10.4. The zero-order valence-electron chi connectivity index (χ0n) is 9.30. The molecule has 0 radical (unpaired) electrons. The molecular formula is C12H22O. The zero-order valence-corrected chi connectivity index (χ0v) is 9.30. The molecule has 1 N–H and O–H groups in total. The molecule has 76 valence electrons. The van der Waals surface area contributed by atoms with E-state index in [2.05, 4.69) is 33.8 Å². The van der Waals surface area contributed by atoms with Gasteiger partial charge in [0.05, 0.1) is 5.60 Å². The van der Waals surface area contributed by atoms with Crippen LogP contribution in [0.4, 0.5) is 0 Å². The second-order valence-electron chi connectivity index (χ2n) is 4.80. The molecule has 1 heteroatoms. The van der Waals surface area contributed by atoms with Crippen LogP contribution in [0, 0.1) is 11.8 Å². The van der Waals surface area contributed by atoms with Crippen LogP contribution in [0.25, 0.3) is 0 Å². The van der Waals surface area contributed by atoms with Crippen molar-refractivity contribution in [3.8, 4) is 0 Å². The lowest BCUT2D eigenvalue weighted by Crippen LogP contribution is -2.34. The standard InChI is InChI=1S/C12H22O/c1-5-9(2)7-12(13)8-10(3)6-11(12)4/h6,9,11,13H,5,7-8H2,1-4H3. The van der Waals surface area contributed by atoms with Crippen LogP contribution < -0.4 is 0 Å². The van der Waals surface area contributed by atoms with Crippen molar-refractivity contribution < 1.29 is 5.11 Å². The molecule has 0 heterocycles. The topological polar surface area (TPSA) is 20.2 Å². The molecule has 3 atom stereocenters. The van der Waals surface area contributed by atoms with Crippen LogP contribution in [0.2, 0.25) is 0 Å². The fourth-order valence-electron chi connectivity index (χ4n) is 2.29. The quantitative estimate of drug-likeness (QED) is 0.665. The third-order valence-corrected chi connectivity index (χ3v) is 3.37. The summed E-state index contributed by atoms with van der Waals surface area (Å²) >= 11 is 0. The fourth-order valence-corrected chi connectivity index (χ4v) is 2.29. The molecule has 0 aromatic rings. The van der Waals surface area contributed by atoms with Crippen molar-refractivity contribution in [2.45, 2.75) is 52.6 Å². The second kappa shape index (κ2) is 3.83. The molecule has 0 aliphatic heterocycles. The van der Waals surface area contributed by atoms with Gasteiger partial charge >= 0.3 is 0 Å². The average molecular weight is 182 g/mol. The van der Waals surface area contributed by atoms with Crippen molar-refractivity contribution in [3.05, 3.63) is 11.6 Å². The summed E-state index contributed by atoms with van der Waals surface area (Å²) in [5.41, 5.74) is 0.901. The summed E-state index contributed by atoms with van der Waals surface area (Å²) in [5.74, 6) is 0.966. The maximum absolute atomic E-state index is 10.4. The molecular weight excluding hydrogens is 160 g/mol. The lowest BCUT2D eigenvalue weighted by Gasteiger charge is -2.30. The Hall–Kier alpha value is -0.300. The Kier molecular flexibility index (Phi) is 3.18. The number of hydrogen-bond donors (Lipinski definition) is 1. The van der Waals surface area contributed by atoms with Gasteiger partial charge in [-0.1, -0.05) is 38.8 Å². The highest BCUT2D eigenvalue weighted by Crippen LogP contribution is 2.39. The van der Waals surface area contributed by atoms with E-state index in [1.807, 2.05) is 0 Å². The summed E-state index contributed by atoms with van der Waals surface area (Å²) < 4.78 is 0. The summed E-state index contributed by atoms with van der Waals surface area (Å²) in [7, 11) is 0. The molecule has 0 aromatic carbocycles. The van der Waals surface area contributed by atoms with Crippen LogP contribution in [0.3, 0.4) is 0 Å². The van der Waals surface area contributed by atoms with Gasteiger partial charge in [0.1, 0.15) is 0 Å². The van der Waals surface area contributed by atoms with Crippen molar-refractivity contribution in [3.63, 3.8) is 0 Å². The minimum absolute atomic E-state index is 0.335. The first-order chi connectivity index (χ1) is 5.98. The normalized spacial score (nSPS) is 36.1. The van der Waals surface area contributed by atoms with E-state index in [-0.39, 0.29) is 0 Å². The van der Waals surface area contributed by atoms with Gasteiger partial charge < -0.3 is 5.11 Å². The average Bonchev–Trinajstić information content (AvgIpc) is 2.25. The first-order valence-corrected chi connectivity index (χ1v) is 5.37. The first kappa shape index (κ1) is 10.8. The Morgan fingerprint density at radius 2 is 2.31 bits per heavy atom. The summed E-state index contributed by atoms with van der Waals surface area (Å²) in [6, 6.07) is 0. The van der Waals surface area contributed by atoms with Crippen molar-refractivity contribution in [1.29, 1.82) is 0 Å². The van der Waals surface area contributed by atoms with E-state index >= 15 is 0 Å². The van der Waals surface area contributed by atoms with Gasteiger partial charge in [0.15, 0.2) is 0 Å². The van der Waals surface area contributed by atoms with Crippen molar-refractivity contribution in [2.24, 2.45) is 11.8 Å². The van der Waals surface area contributed by atoms with E-state index in [1.54, 1.807) is 0 Å². The van der Waals surface area contributed by atoms with Crippen LogP contribution in [-0.2, 0) is 0 Å². The van der Waals surface area contributed by atoms with E-state index < -0.39 is 5.60 Å². The molecule has 1 nitrogen and oxygen atoms in total. The minimum atomic E-state index is -0.445. The molecule has 0 aromatic heterocycles. The summed E-state index contributed by atoms with van der Waals surface area (Å²) in [6.07, 6.45) is 5.19. The monoisotopic (exact) mass is 182 g/mol. The number of hydrogen-bond acceptors (Lipinski definition) is 1. The first-order valence-electron chi connectivity index (χ1n) is 5.37. The van der Waals surface area contributed by atoms with E-state index in [9.17, 15) is 5.11 Å². The van der Waals surface area contributed by atoms with Crippen molar-refractivity contribution >= 4 is 0 Å². The van der Waals surface area contributed by atoms with E-state index in [0.29, 0.717) is 11.8 Å². The number of aliphatic hydroxyl groups is 1. The SMILES string of the molecule is CCC(C)CC1(O)CC(C)=CC1C. The second-order valence-corrected chi connectivity index (χ2v) is 4.80. The Morgan fingerprint density at radius 3 is 2.69 bits per heavy atom.